The fourth-order valence-corrected chi connectivity index (χ4v) is 6.36. The van der Waals surface area contributed by atoms with Crippen molar-refractivity contribution in [2.24, 2.45) is 11.1 Å². The molecule has 1 fully saturated rings. The molecule has 12 nitrogen and oxygen atoms in total. The molecule has 0 saturated carbocycles. The Hall–Kier alpha value is -2.93. The summed E-state index contributed by atoms with van der Waals surface area (Å²) in [6.45, 7) is 11.5. The summed E-state index contributed by atoms with van der Waals surface area (Å²) in [6.07, 6.45) is 4.58. The molecule has 4 amide bonds. The van der Waals surface area contributed by atoms with E-state index in [1.807, 2.05) is 41.5 Å². The fourth-order valence-electron chi connectivity index (χ4n) is 6.36. The Bertz CT molecular complexity index is 1410. The number of aromatic nitrogens is 1. The summed E-state index contributed by atoms with van der Waals surface area (Å²) in [4.78, 5) is 69.6. The van der Waals surface area contributed by atoms with Gasteiger partial charge < -0.3 is 30.6 Å². The van der Waals surface area contributed by atoms with Crippen LogP contribution in [0.4, 0.5) is 9.59 Å². The normalized spacial score (nSPS) is 18.4. The number of carboxylic acid groups (broad SMARTS) is 1. The number of likely N-dealkylation sites (tertiary alicyclic amines) is 1. The topological polar surface area (TPSA) is 167 Å². The Balaban J connectivity index is 0.00000768. The number of urea groups is 1. The van der Waals surface area contributed by atoms with E-state index in [0.717, 1.165) is 19.3 Å². The third-order valence-electron chi connectivity index (χ3n) is 8.65. The van der Waals surface area contributed by atoms with Crippen LogP contribution < -0.4 is 45.7 Å². The summed E-state index contributed by atoms with van der Waals surface area (Å²) in [7, 11) is 1.26. The smallest absolute Gasteiger partial charge is 0.548 e. The number of ether oxygens (including phenoxy) is 1. The first-order valence-electron chi connectivity index (χ1n) is 16.2. The van der Waals surface area contributed by atoms with Crippen LogP contribution in [0.15, 0.2) is 30.5 Å². The van der Waals surface area contributed by atoms with Crippen LogP contribution in [0.5, 0.6) is 0 Å². The summed E-state index contributed by atoms with van der Waals surface area (Å²) in [6, 6.07) is 2.35. The molecule has 13 heteroatoms. The number of piperidine rings is 1. The third kappa shape index (κ3) is 10.0. The van der Waals surface area contributed by atoms with Crippen molar-refractivity contribution in [3.8, 4) is 0 Å². The van der Waals surface area contributed by atoms with E-state index in [4.69, 9.17) is 10.5 Å². The Morgan fingerprint density at radius 3 is 2.26 bits per heavy atom. The number of unbranched alkanes of at least 4 members (excludes halogenated alkanes) is 1. The monoisotopic (exact) mass is 663 g/mol. The first-order valence-corrected chi connectivity index (χ1v) is 16.2. The number of para-hydroxylation sites is 1. The SMILES string of the molecule is CCCC[C@H](C(=O)[O-])N(C(=O)[C@H](N)Cc1cn(C(=O)OC)c2ccccc12)C(=O)[C@H](CC(C)(C)C)NC(=O)N1[C@H](C)CCC[C@@H]1C.[Na+]. The molecule has 0 bridgehead atoms. The summed E-state index contributed by atoms with van der Waals surface area (Å²) in [5.74, 6) is -3.33. The Morgan fingerprint density at radius 2 is 1.70 bits per heavy atom. The van der Waals surface area contributed by atoms with Crippen LogP contribution in [0.25, 0.3) is 10.9 Å². The molecule has 0 unspecified atom stereocenters. The molecule has 0 spiro atoms. The zero-order chi connectivity index (χ0) is 34.3. The number of nitrogens with one attached hydrogen (secondary N) is 1. The molecule has 254 valence electrons. The number of fused-ring (bicyclic) bond motifs is 1. The molecule has 47 heavy (non-hydrogen) atoms. The average Bonchev–Trinajstić information content (AvgIpc) is 3.35. The van der Waals surface area contributed by atoms with Crippen molar-refractivity contribution in [2.75, 3.05) is 7.11 Å². The first kappa shape index (κ1) is 40.2. The number of methoxy groups -OCH3 is 1. The van der Waals surface area contributed by atoms with Gasteiger partial charge in [-0.15, -0.1) is 0 Å². The van der Waals surface area contributed by atoms with Crippen LogP contribution in [0.1, 0.15) is 92.1 Å². The van der Waals surface area contributed by atoms with Crippen molar-refractivity contribution < 1.29 is 63.4 Å². The van der Waals surface area contributed by atoms with Gasteiger partial charge in [-0.05, 0) is 69.4 Å². The molecule has 1 aromatic carbocycles. The van der Waals surface area contributed by atoms with Crippen LogP contribution in [-0.4, -0.2) is 81.6 Å². The zero-order valence-electron chi connectivity index (χ0n) is 29.2. The molecule has 0 radical (unpaired) electrons. The fraction of sp³-hybridized carbons (Fsp3) is 0.618. The largest absolute Gasteiger partial charge is 1.00 e. The van der Waals surface area contributed by atoms with E-state index in [0.29, 0.717) is 34.2 Å². The number of carbonyl (C=O) groups is 5. The second-order valence-electron chi connectivity index (χ2n) is 13.6. The van der Waals surface area contributed by atoms with Gasteiger partial charge in [0.05, 0.1) is 30.7 Å². The predicted octanol–water partition coefficient (Wildman–Crippen LogP) is 0.571. The van der Waals surface area contributed by atoms with Crippen molar-refractivity contribution in [1.82, 2.24) is 19.7 Å². The van der Waals surface area contributed by atoms with E-state index in [-0.39, 0.29) is 60.9 Å². The predicted molar refractivity (Wildman–Crippen MR) is 173 cm³/mol. The molecule has 1 aliphatic heterocycles. The molecule has 1 aliphatic rings. The molecule has 0 aliphatic carbocycles. The van der Waals surface area contributed by atoms with E-state index in [9.17, 15) is 29.1 Å². The number of hydrogen-bond donors (Lipinski definition) is 2. The van der Waals surface area contributed by atoms with Crippen molar-refractivity contribution in [1.29, 1.82) is 0 Å². The van der Waals surface area contributed by atoms with Crippen molar-refractivity contribution in [3.05, 3.63) is 36.0 Å². The van der Waals surface area contributed by atoms with Crippen LogP contribution in [-0.2, 0) is 25.5 Å². The van der Waals surface area contributed by atoms with Gasteiger partial charge in [0.1, 0.15) is 6.04 Å². The summed E-state index contributed by atoms with van der Waals surface area (Å²) in [5, 5.41) is 16.0. The maximum absolute atomic E-state index is 14.4. The number of carbonyl (C=O) groups excluding carboxylic acids is 5. The summed E-state index contributed by atoms with van der Waals surface area (Å²) in [5.41, 5.74) is 7.08. The Labute approximate surface area is 300 Å². The number of imide groups is 1. The number of benzene rings is 1. The minimum absolute atomic E-state index is 0. The minimum Gasteiger partial charge on any atom is -0.548 e. The van der Waals surface area contributed by atoms with Gasteiger partial charge in [0.2, 0.25) is 5.91 Å². The van der Waals surface area contributed by atoms with E-state index in [1.54, 1.807) is 29.2 Å². The molecule has 5 atom stereocenters. The number of rotatable bonds is 11. The van der Waals surface area contributed by atoms with Gasteiger partial charge in [-0.25, -0.2) is 9.59 Å². The summed E-state index contributed by atoms with van der Waals surface area (Å²) >= 11 is 0. The average molecular weight is 664 g/mol. The van der Waals surface area contributed by atoms with Crippen molar-refractivity contribution in [2.45, 2.75) is 123 Å². The quantitative estimate of drug-likeness (QED) is 0.329. The Morgan fingerprint density at radius 1 is 1.09 bits per heavy atom. The van der Waals surface area contributed by atoms with E-state index in [1.165, 1.54) is 17.9 Å². The van der Waals surface area contributed by atoms with Gasteiger partial charge in [-0.3, -0.25) is 19.1 Å². The second-order valence-corrected chi connectivity index (χ2v) is 13.6. The zero-order valence-corrected chi connectivity index (χ0v) is 31.2. The van der Waals surface area contributed by atoms with Gasteiger partial charge >= 0.3 is 41.7 Å². The molecule has 2 aromatic rings. The van der Waals surface area contributed by atoms with E-state index in [2.05, 4.69) is 5.32 Å². The van der Waals surface area contributed by atoms with Gasteiger partial charge in [0, 0.05) is 23.7 Å². The minimum atomic E-state index is -1.59. The number of hydrogen-bond acceptors (Lipinski definition) is 8. The van der Waals surface area contributed by atoms with Crippen LogP contribution >= 0.6 is 0 Å². The van der Waals surface area contributed by atoms with Gasteiger partial charge in [-0.1, -0.05) is 58.7 Å². The maximum atomic E-state index is 14.4. The standard InChI is InChI=1S/C34H51N5O7.Na/c1-8-9-16-28(31(42)43)39(29(40)25(35)18-23-20-37(33(45)46-7)27-17-11-10-15-24(23)27)30(41)26(19-34(4,5)6)36-32(44)38-21(2)13-12-14-22(38)3;/h10-11,15,17,20-22,25-26,28H,8-9,12-14,16,18-19,35H2,1-7H3,(H,36,44)(H,42,43);/q;+1/p-1/t21-,22+,25-,26+,28-;/m1./s1. The number of carboxylic acids is 1. The number of nitrogens with zero attached hydrogens (tertiary/aromatic N) is 3. The molecular weight excluding hydrogens is 613 g/mol. The molecule has 3 N–H and O–H groups in total. The van der Waals surface area contributed by atoms with Crippen LogP contribution in [0.3, 0.4) is 0 Å². The molecular formula is C34H50N5NaO7. The molecule has 3 rings (SSSR count). The van der Waals surface area contributed by atoms with Crippen LogP contribution in [0.2, 0.25) is 0 Å². The van der Waals surface area contributed by atoms with E-state index < -0.39 is 53.4 Å². The summed E-state index contributed by atoms with van der Waals surface area (Å²) < 4.78 is 6.19. The molecule has 2 heterocycles. The van der Waals surface area contributed by atoms with E-state index >= 15 is 0 Å². The number of nitrogens with two attached hydrogens (primary N) is 1. The number of amides is 4. The van der Waals surface area contributed by atoms with Gasteiger partial charge in [-0.2, -0.15) is 0 Å². The van der Waals surface area contributed by atoms with Crippen LogP contribution in [0, 0.1) is 5.41 Å². The van der Waals surface area contributed by atoms with Gasteiger partial charge in [0.25, 0.3) is 5.91 Å². The Kier molecular flexibility index (Phi) is 15.0. The maximum Gasteiger partial charge on any atom is 1.00 e. The van der Waals surface area contributed by atoms with Gasteiger partial charge in [0.15, 0.2) is 0 Å². The number of aliphatic carboxylic acids is 1. The first-order chi connectivity index (χ1) is 21.6. The second kappa shape index (κ2) is 17.5. The third-order valence-corrected chi connectivity index (χ3v) is 8.65. The molecule has 1 saturated heterocycles. The van der Waals surface area contributed by atoms with Crippen molar-refractivity contribution in [3.63, 3.8) is 0 Å². The van der Waals surface area contributed by atoms with Crippen molar-refractivity contribution >= 4 is 40.8 Å². The molecule has 1 aromatic heterocycles.